The van der Waals surface area contributed by atoms with Gasteiger partial charge in [-0.1, -0.05) is 23.4 Å². The zero-order chi connectivity index (χ0) is 20.7. The number of halogens is 1. The van der Waals surface area contributed by atoms with Gasteiger partial charge in [0.25, 0.3) is 11.6 Å². The summed E-state index contributed by atoms with van der Waals surface area (Å²) < 4.78 is 25.0. The van der Waals surface area contributed by atoms with Gasteiger partial charge >= 0.3 is 0 Å². The number of aromatic nitrogens is 2. The Labute approximate surface area is 166 Å². The Morgan fingerprint density at radius 2 is 1.93 bits per heavy atom. The lowest BCUT2D eigenvalue weighted by molar-refractivity contribution is 0.0941. The number of aryl methyl sites for hydroxylation is 3. The number of amides is 1. The third-order valence-electron chi connectivity index (χ3n) is 4.90. The van der Waals surface area contributed by atoms with Gasteiger partial charge in [-0.2, -0.15) is 0 Å². The standard InChI is InChI=1S/C22H20FN3O3/c1-11-9-16(14(4)28-11)19-10-17(20-13(3)26-29-22(20)25-19)21(27)24-12(2)15-7-5-6-8-18(15)23/h5-10,12H,1-4H3,(H,24,27). The molecule has 0 bridgehead atoms. The van der Waals surface area contributed by atoms with Crippen LogP contribution in [0, 0.1) is 26.6 Å². The lowest BCUT2D eigenvalue weighted by atomic mass is 10.0. The highest BCUT2D eigenvalue weighted by Crippen LogP contribution is 2.30. The fourth-order valence-electron chi connectivity index (χ4n) is 3.48. The number of nitrogens with one attached hydrogen (secondary N) is 1. The molecule has 0 fully saturated rings. The van der Waals surface area contributed by atoms with Crippen molar-refractivity contribution >= 4 is 17.0 Å². The van der Waals surface area contributed by atoms with Crippen molar-refractivity contribution in [1.82, 2.24) is 15.5 Å². The first-order chi connectivity index (χ1) is 13.8. The van der Waals surface area contributed by atoms with Gasteiger partial charge in [0, 0.05) is 11.1 Å². The van der Waals surface area contributed by atoms with Gasteiger partial charge < -0.3 is 14.3 Å². The molecule has 4 rings (SSSR count). The lowest BCUT2D eigenvalue weighted by Crippen LogP contribution is -2.27. The molecule has 1 atom stereocenters. The zero-order valence-corrected chi connectivity index (χ0v) is 16.5. The van der Waals surface area contributed by atoms with Crippen molar-refractivity contribution in [2.24, 2.45) is 0 Å². The third-order valence-corrected chi connectivity index (χ3v) is 4.90. The minimum absolute atomic E-state index is 0.266. The maximum atomic E-state index is 14.1. The number of carbonyl (C=O) groups is 1. The van der Waals surface area contributed by atoms with Crippen molar-refractivity contribution in [1.29, 1.82) is 0 Å². The van der Waals surface area contributed by atoms with E-state index >= 15 is 0 Å². The van der Waals surface area contributed by atoms with Gasteiger partial charge in [-0.25, -0.2) is 9.37 Å². The van der Waals surface area contributed by atoms with Crippen molar-refractivity contribution in [2.45, 2.75) is 33.7 Å². The van der Waals surface area contributed by atoms with Crippen LogP contribution < -0.4 is 5.32 Å². The molecule has 0 spiro atoms. The number of rotatable bonds is 4. The molecule has 3 aromatic heterocycles. The smallest absolute Gasteiger partial charge is 0.259 e. The molecule has 0 aliphatic rings. The average molecular weight is 393 g/mol. The minimum Gasteiger partial charge on any atom is -0.466 e. The Balaban J connectivity index is 1.77. The number of carbonyl (C=O) groups excluding carboxylic acids is 1. The van der Waals surface area contributed by atoms with Crippen molar-refractivity contribution < 1.29 is 18.1 Å². The highest BCUT2D eigenvalue weighted by molar-refractivity contribution is 6.07. The van der Waals surface area contributed by atoms with Crippen LogP contribution in [0.5, 0.6) is 0 Å². The molecule has 0 aliphatic heterocycles. The van der Waals surface area contributed by atoms with Gasteiger partial charge in [0.2, 0.25) is 0 Å². The number of furan rings is 1. The van der Waals surface area contributed by atoms with Gasteiger partial charge in [0.05, 0.1) is 28.4 Å². The quantitative estimate of drug-likeness (QED) is 0.525. The fraction of sp³-hybridized carbons (Fsp3) is 0.227. The molecule has 6 nitrogen and oxygen atoms in total. The van der Waals surface area contributed by atoms with E-state index in [1.54, 1.807) is 38.1 Å². The molecule has 0 aliphatic carbocycles. The molecule has 0 saturated heterocycles. The van der Waals surface area contributed by atoms with Crippen LogP contribution in [0.1, 0.15) is 46.1 Å². The Morgan fingerprint density at radius 1 is 1.17 bits per heavy atom. The molecular weight excluding hydrogens is 373 g/mol. The molecule has 1 amide bonds. The van der Waals surface area contributed by atoms with E-state index in [1.807, 2.05) is 19.9 Å². The van der Waals surface area contributed by atoms with Gasteiger partial charge in [0.1, 0.15) is 17.3 Å². The molecule has 29 heavy (non-hydrogen) atoms. The van der Waals surface area contributed by atoms with E-state index in [-0.39, 0.29) is 17.4 Å². The van der Waals surface area contributed by atoms with Crippen LogP contribution in [0.2, 0.25) is 0 Å². The molecule has 7 heteroatoms. The molecule has 3 heterocycles. The van der Waals surface area contributed by atoms with E-state index in [4.69, 9.17) is 8.94 Å². The van der Waals surface area contributed by atoms with E-state index in [9.17, 15) is 9.18 Å². The van der Waals surface area contributed by atoms with E-state index in [2.05, 4.69) is 15.5 Å². The highest BCUT2D eigenvalue weighted by atomic mass is 19.1. The van der Waals surface area contributed by atoms with Crippen LogP contribution in [0.25, 0.3) is 22.4 Å². The summed E-state index contributed by atoms with van der Waals surface area (Å²) in [5, 5.41) is 7.35. The maximum Gasteiger partial charge on any atom is 0.259 e. The van der Waals surface area contributed by atoms with Crippen molar-refractivity contribution in [3.63, 3.8) is 0 Å². The maximum absolute atomic E-state index is 14.1. The van der Waals surface area contributed by atoms with Crippen LogP contribution in [0.15, 0.2) is 45.3 Å². The number of pyridine rings is 1. The van der Waals surface area contributed by atoms with Gasteiger partial charge in [0.15, 0.2) is 0 Å². The van der Waals surface area contributed by atoms with Crippen LogP contribution in [-0.4, -0.2) is 16.0 Å². The van der Waals surface area contributed by atoms with Crippen LogP contribution in [0.4, 0.5) is 4.39 Å². The first-order valence-electron chi connectivity index (χ1n) is 9.25. The van der Waals surface area contributed by atoms with E-state index in [0.717, 1.165) is 11.3 Å². The summed E-state index contributed by atoms with van der Waals surface area (Å²) in [4.78, 5) is 17.6. The lowest BCUT2D eigenvalue weighted by Gasteiger charge is -2.15. The summed E-state index contributed by atoms with van der Waals surface area (Å²) in [5.41, 5.74) is 2.92. The number of benzene rings is 1. The predicted molar refractivity (Wildman–Crippen MR) is 106 cm³/mol. The van der Waals surface area contributed by atoms with Crippen molar-refractivity contribution in [3.8, 4) is 11.3 Å². The Kier molecular flexibility index (Phi) is 4.66. The molecule has 0 saturated carbocycles. The summed E-state index contributed by atoms with van der Waals surface area (Å²) >= 11 is 0. The summed E-state index contributed by atoms with van der Waals surface area (Å²) in [6, 6.07) is 9.39. The highest BCUT2D eigenvalue weighted by Gasteiger charge is 2.22. The molecule has 1 N–H and O–H groups in total. The van der Waals surface area contributed by atoms with Gasteiger partial charge in [-0.3, -0.25) is 4.79 Å². The molecule has 1 unspecified atom stereocenters. The van der Waals surface area contributed by atoms with Gasteiger partial charge in [-0.05, 0) is 45.9 Å². The molecular formula is C22H20FN3O3. The van der Waals surface area contributed by atoms with Crippen LogP contribution in [-0.2, 0) is 0 Å². The average Bonchev–Trinajstić information content (AvgIpc) is 3.22. The van der Waals surface area contributed by atoms with E-state index in [1.165, 1.54) is 6.07 Å². The monoisotopic (exact) mass is 393 g/mol. The molecule has 4 aromatic rings. The van der Waals surface area contributed by atoms with E-state index < -0.39 is 6.04 Å². The van der Waals surface area contributed by atoms with Crippen LogP contribution >= 0.6 is 0 Å². The molecule has 148 valence electrons. The van der Waals surface area contributed by atoms with Crippen molar-refractivity contribution in [3.05, 3.63) is 70.6 Å². The second-order valence-electron chi connectivity index (χ2n) is 7.05. The van der Waals surface area contributed by atoms with E-state index in [0.29, 0.717) is 33.7 Å². The summed E-state index contributed by atoms with van der Waals surface area (Å²) in [7, 11) is 0. The molecule has 1 aromatic carbocycles. The second kappa shape index (κ2) is 7.16. The first-order valence-corrected chi connectivity index (χ1v) is 9.25. The third kappa shape index (κ3) is 3.40. The second-order valence-corrected chi connectivity index (χ2v) is 7.05. The summed E-state index contributed by atoms with van der Waals surface area (Å²) in [6.45, 7) is 7.16. The number of hydrogen-bond donors (Lipinski definition) is 1. The summed E-state index contributed by atoms with van der Waals surface area (Å²) in [6.07, 6.45) is 0. The fourth-order valence-corrected chi connectivity index (χ4v) is 3.48. The molecule has 0 radical (unpaired) electrons. The minimum atomic E-state index is -0.520. The van der Waals surface area contributed by atoms with Crippen LogP contribution in [0.3, 0.4) is 0 Å². The van der Waals surface area contributed by atoms with Gasteiger partial charge in [-0.15, -0.1) is 0 Å². The zero-order valence-electron chi connectivity index (χ0n) is 16.5. The van der Waals surface area contributed by atoms with Crippen molar-refractivity contribution in [2.75, 3.05) is 0 Å². The number of fused-ring (bicyclic) bond motifs is 1. The normalized spacial score (nSPS) is 12.3. The Hall–Kier alpha value is -3.48. The number of hydrogen-bond acceptors (Lipinski definition) is 5. The largest absolute Gasteiger partial charge is 0.466 e. The predicted octanol–water partition coefficient (Wildman–Crippen LogP) is 5.04. The summed E-state index contributed by atoms with van der Waals surface area (Å²) in [5.74, 6) is 0.703. The Morgan fingerprint density at radius 3 is 2.62 bits per heavy atom. The SMILES string of the molecule is Cc1cc(-c2cc(C(=O)NC(C)c3ccccc3F)c3c(C)noc3n2)c(C)o1. The number of nitrogens with zero attached hydrogens (tertiary/aromatic N) is 2. The topological polar surface area (TPSA) is 81.2 Å². The first kappa shape index (κ1) is 18.9. The Bertz CT molecular complexity index is 1230.